The summed E-state index contributed by atoms with van der Waals surface area (Å²) in [5.41, 5.74) is 12.0. The van der Waals surface area contributed by atoms with E-state index in [1.165, 1.54) is 54.9 Å². The first-order valence-corrected chi connectivity index (χ1v) is 14.3. The van der Waals surface area contributed by atoms with E-state index in [1.807, 2.05) is 24.3 Å². The van der Waals surface area contributed by atoms with E-state index in [2.05, 4.69) is 118 Å². The van der Waals surface area contributed by atoms with Crippen molar-refractivity contribution in [1.29, 1.82) is 0 Å². The Bertz CT molecular complexity index is 2680. The van der Waals surface area contributed by atoms with Crippen LogP contribution >= 0.6 is 0 Å². The molecule has 0 aliphatic heterocycles. The van der Waals surface area contributed by atoms with Crippen molar-refractivity contribution in [1.82, 2.24) is 18.9 Å². The summed E-state index contributed by atoms with van der Waals surface area (Å²) in [5, 5.41) is 6.10. The van der Waals surface area contributed by atoms with E-state index in [0.717, 1.165) is 33.1 Å². The van der Waals surface area contributed by atoms with Crippen molar-refractivity contribution >= 4 is 71.2 Å². The van der Waals surface area contributed by atoms with Gasteiger partial charge < -0.3 is 4.57 Å². The zero-order valence-corrected chi connectivity index (χ0v) is 22.5. The first kappa shape index (κ1) is 22.0. The third-order valence-corrected chi connectivity index (χ3v) is 8.81. The Labute approximate surface area is 240 Å². The third kappa shape index (κ3) is 2.80. The topological polar surface area (TPSA) is 35.1 Å². The van der Waals surface area contributed by atoms with E-state index in [9.17, 15) is 0 Å². The van der Waals surface area contributed by atoms with Gasteiger partial charge in [-0.1, -0.05) is 72.8 Å². The number of hydrogen-bond donors (Lipinski definition) is 0. The summed E-state index contributed by atoms with van der Waals surface area (Å²) in [7, 11) is 0. The van der Waals surface area contributed by atoms with Gasteiger partial charge in [0.05, 0.1) is 33.1 Å². The molecule has 4 aromatic heterocycles. The SMILES string of the molecule is c1ccc(-n2c3ccccc3c3cc(-c4cc5c6ccccc6n6c7nc8ccccc8nc7c(c4)c56)ccc32)cc1. The Hall–Kier alpha value is -5.74. The summed E-state index contributed by atoms with van der Waals surface area (Å²) in [5.74, 6) is 0. The van der Waals surface area contributed by atoms with Crippen LogP contribution in [0.2, 0.25) is 0 Å². The molecule has 4 heterocycles. The second-order valence-corrected chi connectivity index (χ2v) is 11.1. The van der Waals surface area contributed by atoms with Crippen molar-refractivity contribution < 1.29 is 0 Å². The summed E-state index contributed by atoms with van der Waals surface area (Å²) >= 11 is 0. The predicted octanol–water partition coefficient (Wildman–Crippen LogP) is 9.54. The predicted molar refractivity (Wildman–Crippen MR) is 174 cm³/mol. The molecule has 0 amide bonds. The van der Waals surface area contributed by atoms with Gasteiger partial charge in [0.15, 0.2) is 5.65 Å². The molecular formula is C38H22N4. The van der Waals surface area contributed by atoms with Crippen molar-refractivity contribution in [2.24, 2.45) is 0 Å². The third-order valence-electron chi connectivity index (χ3n) is 8.81. The van der Waals surface area contributed by atoms with Gasteiger partial charge in [-0.2, -0.15) is 0 Å². The van der Waals surface area contributed by atoms with Crippen LogP contribution in [0.5, 0.6) is 0 Å². The number of nitrogens with zero attached hydrogens (tertiary/aromatic N) is 4. The van der Waals surface area contributed by atoms with Crippen LogP contribution in [0, 0.1) is 0 Å². The molecule has 4 nitrogen and oxygen atoms in total. The molecule has 0 aliphatic rings. The van der Waals surface area contributed by atoms with Crippen LogP contribution in [0.4, 0.5) is 0 Å². The van der Waals surface area contributed by atoms with Gasteiger partial charge in [-0.25, -0.2) is 9.97 Å². The van der Waals surface area contributed by atoms with Crippen LogP contribution in [0.1, 0.15) is 0 Å². The number of fused-ring (bicyclic) bond motifs is 10. The van der Waals surface area contributed by atoms with E-state index in [1.54, 1.807) is 0 Å². The number of benzene rings is 6. The standard InChI is InChI=1S/C38H22N4/c1-2-10-25(11-3-1)41-33-16-8-4-12-26(33)28-20-23(18-19-35(28)41)24-21-29-27-13-5-9-17-34(27)42-37(29)30(22-24)36-38(42)40-32-15-7-6-14-31(32)39-36/h1-22H. The molecule has 0 radical (unpaired) electrons. The first-order chi connectivity index (χ1) is 20.8. The highest BCUT2D eigenvalue weighted by atomic mass is 15.0. The summed E-state index contributed by atoms with van der Waals surface area (Å²) < 4.78 is 4.66. The summed E-state index contributed by atoms with van der Waals surface area (Å²) in [6.45, 7) is 0. The van der Waals surface area contributed by atoms with Gasteiger partial charge >= 0.3 is 0 Å². The van der Waals surface area contributed by atoms with E-state index in [-0.39, 0.29) is 0 Å². The molecule has 6 aromatic carbocycles. The maximum absolute atomic E-state index is 5.15. The highest BCUT2D eigenvalue weighted by Gasteiger charge is 2.21. The lowest BCUT2D eigenvalue weighted by molar-refractivity contribution is 1.18. The monoisotopic (exact) mass is 534 g/mol. The lowest BCUT2D eigenvalue weighted by atomic mass is 9.99. The molecule has 0 bridgehead atoms. The Balaban J connectivity index is 1.31. The molecule has 42 heavy (non-hydrogen) atoms. The van der Waals surface area contributed by atoms with E-state index >= 15 is 0 Å². The highest BCUT2D eigenvalue weighted by molar-refractivity contribution is 6.23. The number of para-hydroxylation sites is 5. The Morgan fingerprint density at radius 3 is 1.88 bits per heavy atom. The molecule has 0 N–H and O–H groups in total. The van der Waals surface area contributed by atoms with Crippen molar-refractivity contribution in [3.05, 3.63) is 133 Å². The van der Waals surface area contributed by atoms with Crippen LogP contribution in [0.3, 0.4) is 0 Å². The van der Waals surface area contributed by atoms with Gasteiger partial charge in [0.25, 0.3) is 0 Å². The summed E-state index contributed by atoms with van der Waals surface area (Å²) in [4.78, 5) is 10.3. The van der Waals surface area contributed by atoms with Gasteiger partial charge in [0, 0.05) is 32.6 Å². The highest BCUT2D eigenvalue weighted by Crippen LogP contribution is 2.42. The molecule has 0 spiro atoms. The zero-order valence-electron chi connectivity index (χ0n) is 22.5. The van der Waals surface area contributed by atoms with E-state index < -0.39 is 0 Å². The lowest BCUT2D eigenvalue weighted by Gasteiger charge is -2.08. The smallest absolute Gasteiger partial charge is 0.165 e. The first-order valence-electron chi connectivity index (χ1n) is 14.3. The molecule has 4 heteroatoms. The average Bonchev–Trinajstić information content (AvgIpc) is 3.68. The number of aromatic nitrogens is 4. The molecule has 0 fully saturated rings. The zero-order chi connectivity index (χ0) is 27.4. The second kappa shape index (κ2) is 7.93. The molecule has 0 saturated heterocycles. The maximum Gasteiger partial charge on any atom is 0.165 e. The average molecular weight is 535 g/mol. The van der Waals surface area contributed by atoms with Crippen LogP contribution in [-0.4, -0.2) is 18.9 Å². The molecule has 0 atom stereocenters. The normalized spacial score (nSPS) is 12.3. The fourth-order valence-corrected chi connectivity index (χ4v) is 7.00. The minimum absolute atomic E-state index is 0.911. The van der Waals surface area contributed by atoms with E-state index in [0.29, 0.717) is 0 Å². The second-order valence-electron chi connectivity index (χ2n) is 11.1. The van der Waals surface area contributed by atoms with Crippen LogP contribution in [0.25, 0.3) is 88.0 Å². The van der Waals surface area contributed by atoms with Crippen molar-refractivity contribution in [2.75, 3.05) is 0 Å². The Kier molecular flexibility index (Phi) is 4.15. The maximum atomic E-state index is 5.15. The summed E-state index contributed by atoms with van der Waals surface area (Å²) in [6.07, 6.45) is 0. The van der Waals surface area contributed by atoms with Gasteiger partial charge in [-0.05, 0) is 71.8 Å². The molecule has 10 aromatic rings. The van der Waals surface area contributed by atoms with Crippen LogP contribution in [0.15, 0.2) is 133 Å². The minimum Gasteiger partial charge on any atom is -0.309 e. The molecular weight excluding hydrogens is 512 g/mol. The van der Waals surface area contributed by atoms with Crippen molar-refractivity contribution in [3.8, 4) is 16.8 Å². The molecule has 10 rings (SSSR count). The molecule has 194 valence electrons. The fourth-order valence-electron chi connectivity index (χ4n) is 7.00. The minimum atomic E-state index is 0.911. The Morgan fingerprint density at radius 1 is 0.429 bits per heavy atom. The van der Waals surface area contributed by atoms with Crippen LogP contribution in [-0.2, 0) is 0 Å². The molecule has 0 saturated carbocycles. The Morgan fingerprint density at radius 2 is 1.05 bits per heavy atom. The largest absolute Gasteiger partial charge is 0.309 e. The fraction of sp³-hybridized carbons (Fsp3) is 0. The summed E-state index contributed by atoms with van der Waals surface area (Å²) in [6, 6.07) is 47.6. The van der Waals surface area contributed by atoms with Gasteiger partial charge in [-0.3, -0.25) is 4.40 Å². The van der Waals surface area contributed by atoms with Gasteiger partial charge in [-0.15, -0.1) is 0 Å². The lowest BCUT2D eigenvalue weighted by Crippen LogP contribution is -1.92. The molecule has 0 unspecified atom stereocenters. The van der Waals surface area contributed by atoms with E-state index in [4.69, 9.17) is 9.97 Å². The van der Waals surface area contributed by atoms with Gasteiger partial charge in [0.1, 0.15) is 5.52 Å². The number of hydrogen-bond acceptors (Lipinski definition) is 2. The number of rotatable bonds is 2. The van der Waals surface area contributed by atoms with Crippen LogP contribution < -0.4 is 0 Å². The van der Waals surface area contributed by atoms with Gasteiger partial charge in [0.2, 0.25) is 0 Å². The van der Waals surface area contributed by atoms with Crippen molar-refractivity contribution in [2.45, 2.75) is 0 Å². The molecule has 0 aliphatic carbocycles. The quantitative estimate of drug-likeness (QED) is 0.221. The van der Waals surface area contributed by atoms with Crippen molar-refractivity contribution in [3.63, 3.8) is 0 Å².